The summed E-state index contributed by atoms with van der Waals surface area (Å²) in [5.74, 6) is -0.153. The molecule has 1 N–H and O–H groups in total. The third kappa shape index (κ3) is 4.86. The molecule has 32 heavy (non-hydrogen) atoms. The van der Waals surface area contributed by atoms with Crippen molar-refractivity contribution in [3.05, 3.63) is 70.6 Å². The number of nitrogens with zero attached hydrogens (tertiary/aromatic N) is 4. The van der Waals surface area contributed by atoms with E-state index in [4.69, 9.17) is 16.3 Å². The number of morpholine rings is 1. The summed E-state index contributed by atoms with van der Waals surface area (Å²) in [7, 11) is 0. The molecule has 0 bridgehead atoms. The lowest BCUT2D eigenvalue weighted by molar-refractivity contribution is -0.143. The summed E-state index contributed by atoms with van der Waals surface area (Å²) in [6.07, 6.45) is -2.29. The van der Waals surface area contributed by atoms with Gasteiger partial charge in [-0.3, -0.25) is 4.79 Å². The number of pyridine rings is 1. The second-order valence-electron chi connectivity index (χ2n) is 7.10. The molecule has 0 atom stereocenters. The zero-order valence-electron chi connectivity index (χ0n) is 16.8. The van der Waals surface area contributed by atoms with E-state index in [0.717, 1.165) is 12.0 Å². The molecule has 1 fully saturated rings. The number of amides is 1. The summed E-state index contributed by atoms with van der Waals surface area (Å²) in [6, 6.07) is 9.32. The van der Waals surface area contributed by atoms with Crippen molar-refractivity contribution in [3.63, 3.8) is 0 Å². The van der Waals surface area contributed by atoms with Crippen LogP contribution in [0.3, 0.4) is 0 Å². The van der Waals surface area contributed by atoms with E-state index in [9.17, 15) is 18.0 Å². The monoisotopic (exact) mass is 465 g/mol. The van der Waals surface area contributed by atoms with Gasteiger partial charge in [0.2, 0.25) is 0 Å². The van der Waals surface area contributed by atoms with Crippen molar-refractivity contribution < 1.29 is 22.7 Å². The van der Waals surface area contributed by atoms with E-state index < -0.39 is 23.3 Å². The maximum atomic E-state index is 13.8. The molecular weight excluding hydrogens is 447 g/mol. The van der Waals surface area contributed by atoms with Crippen molar-refractivity contribution in [1.29, 1.82) is 0 Å². The highest BCUT2D eigenvalue weighted by atomic mass is 35.5. The van der Waals surface area contributed by atoms with Gasteiger partial charge in [-0.1, -0.05) is 17.7 Å². The second kappa shape index (κ2) is 9.17. The van der Waals surface area contributed by atoms with Crippen LogP contribution in [0.2, 0.25) is 5.02 Å². The Morgan fingerprint density at radius 2 is 1.97 bits per heavy atom. The average molecular weight is 466 g/mol. The van der Waals surface area contributed by atoms with Gasteiger partial charge in [0, 0.05) is 30.9 Å². The first kappa shape index (κ1) is 22.1. The Morgan fingerprint density at radius 1 is 1.19 bits per heavy atom. The van der Waals surface area contributed by atoms with Gasteiger partial charge >= 0.3 is 6.18 Å². The SMILES string of the molecule is O=C(NCc1ccnc(N2CCOCC2)c1)c1cnn(-c2cccc(Cl)c2)c1C(F)(F)F. The van der Waals surface area contributed by atoms with Crippen LogP contribution in [0.5, 0.6) is 0 Å². The Bertz CT molecular complexity index is 1110. The molecule has 11 heteroatoms. The first-order valence-electron chi connectivity index (χ1n) is 9.80. The summed E-state index contributed by atoms with van der Waals surface area (Å²) < 4.78 is 47.4. The van der Waals surface area contributed by atoms with Crippen LogP contribution < -0.4 is 10.2 Å². The maximum absolute atomic E-state index is 13.8. The number of carbonyl (C=O) groups is 1. The third-order valence-corrected chi connectivity index (χ3v) is 5.17. The number of benzene rings is 1. The largest absolute Gasteiger partial charge is 0.434 e. The number of carbonyl (C=O) groups excluding carboxylic acids is 1. The molecule has 1 saturated heterocycles. The van der Waals surface area contributed by atoms with Crippen molar-refractivity contribution in [2.45, 2.75) is 12.7 Å². The number of hydrogen-bond acceptors (Lipinski definition) is 5. The van der Waals surface area contributed by atoms with E-state index >= 15 is 0 Å². The van der Waals surface area contributed by atoms with Crippen LogP contribution in [0, 0.1) is 0 Å². The van der Waals surface area contributed by atoms with Crippen LogP contribution in [0.4, 0.5) is 19.0 Å². The molecule has 168 valence electrons. The maximum Gasteiger partial charge on any atom is 0.434 e. The number of nitrogens with one attached hydrogen (secondary N) is 1. The zero-order valence-corrected chi connectivity index (χ0v) is 17.5. The Kier molecular flexibility index (Phi) is 6.33. The topological polar surface area (TPSA) is 72.3 Å². The second-order valence-corrected chi connectivity index (χ2v) is 7.54. The Balaban J connectivity index is 1.54. The number of rotatable bonds is 5. The Labute approximate surface area is 186 Å². The van der Waals surface area contributed by atoms with Crippen molar-refractivity contribution in [3.8, 4) is 5.69 Å². The highest BCUT2D eigenvalue weighted by molar-refractivity contribution is 6.30. The molecule has 0 radical (unpaired) electrons. The standard InChI is InChI=1S/C21H19ClF3N5O2/c22-15-2-1-3-16(11-15)30-19(21(23,24)25)17(13-28-30)20(31)27-12-14-4-5-26-18(10-14)29-6-8-32-9-7-29/h1-5,10-11,13H,6-9,12H2,(H,27,31). The van der Waals surface area contributed by atoms with Crippen LogP contribution in [0.1, 0.15) is 21.6 Å². The summed E-state index contributed by atoms with van der Waals surface area (Å²) in [6.45, 7) is 2.62. The van der Waals surface area contributed by atoms with Crippen LogP contribution >= 0.6 is 11.6 Å². The first-order chi connectivity index (χ1) is 15.3. The van der Waals surface area contributed by atoms with Crippen molar-refractivity contribution in [1.82, 2.24) is 20.1 Å². The highest BCUT2D eigenvalue weighted by Crippen LogP contribution is 2.34. The van der Waals surface area contributed by atoms with Gasteiger partial charge in [0.15, 0.2) is 5.69 Å². The fraction of sp³-hybridized carbons (Fsp3) is 0.286. The van der Waals surface area contributed by atoms with E-state index in [0.29, 0.717) is 36.5 Å². The van der Waals surface area contributed by atoms with Gasteiger partial charge < -0.3 is 15.0 Å². The predicted molar refractivity (Wildman–Crippen MR) is 112 cm³/mol. The minimum Gasteiger partial charge on any atom is -0.378 e. The number of hydrogen-bond donors (Lipinski definition) is 1. The Hall–Kier alpha value is -3.11. The molecule has 1 amide bonds. The molecule has 3 heterocycles. The molecule has 0 unspecified atom stereocenters. The number of ether oxygens (including phenoxy) is 1. The lowest BCUT2D eigenvalue weighted by Crippen LogP contribution is -2.36. The summed E-state index contributed by atoms with van der Waals surface area (Å²) in [5.41, 5.74) is -0.917. The van der Waals surface area contributed by atoms with Crippen LogP contribution in [0.15, 0.2) is 48.8 Å². The third-order valence-electron chi connectivity index (χ3n) is 4.93. The molecule has 0 aliphatic carbocycles. The fourth-order valence-electron chi connectivity index (χ4n) is 3.40. The molecule has 0 saturated carbocycles. The van der Waals surface area contributed by atoms with Crippen LogP contribution in [-0.4, -0.2) is 47.0 Å². The minimum atomic E-state index is -4.80. The fourth-order valence-corrected chi connectivity index (χ4v) is 3.59. The summed E-state index contributed by atoms with van der Waals surface area (Å²) in [4.78, 5) is 19.0. The van der Waals surface area contributed by atoms with E-state index in [-0.39, 0.29) is 17.3 Å². The molecule has 2 aromatic heterocycles. The quantitative estimate of drug-likeness (QED) is 0.622. The van der Waals surface area contributed by atoms with Gasteiger partial charge in [0.05, 0.1) is 30.7 Å². The molecule has 4 rings (SSSR count). The first-order valence-corrected chi connectivity index (χ1v) is 10.2. The predicted octanol–water partition coefficient (Wildman–Crippen LogP) is 3.71. The van der Waals surface area contributed by atoms with E-state index in [1.54, 1.807) is 18.3 Å². The summed E-state index contributed by atoms with van der Waals surface area (Å²) >= 11 is 5.90. The van der Waals surface area contributed by atoms with Crippen LogP contribution in [0.25, 0.3) is 5.69 Å². The van der Waals surface area contributed by atoms with Gasteiger partial charge in [0.25, 0.3) is 5.91 Å². The van der Waals surface area contributed by atoms with E-state index in [1.807, 2.05) is 4.90 Å². The van der Waals surface area contributed by atoms with E-state index in [1.165, 1.54) is 24.3 Å². The molecule has 1 aliphatic heterocycles. The molecule has 0 spiro atoms. The van der Waals surface area contributed by atoms with Crippen LogP contribution in [-0.2, 0) is 17.5 Å². The smallest absolute Gasteiger partial charge is 0.378 e. The Morgan fingerprint density at radius 3 is 2.69 bits per heavy atom. The normalized spacial score (nSPS) is 14.4. The van der Waals surface area contributed by atoms with Gasteiger partial charge in [-0.15, -0.1) is 0 Å². The van der Waals surface area contributed by atoms with Gasteiger partial charge in [-0.2, -0.15) is 18.3 Å². The minimum absolute atomic E-state index is 0.0400. The number of aromatic nitrogens is 3. The lowest BCUT2D eigenvalue weighted by atomic mass is 10.2. The number of alkyl halides is 3. The van der Waals surface area contributed by atoms with Crippen molar-refractivity contribution in [2.24, 2.45) is 0 Å². The van der Waals surface area contributed by atoms with Gasteiger partial charge in [-0.05, 0) is 35.9 Å². The summed E-state index contributed by atoms with van der Waals surface area (Å²) in [5, 5.41) is 6.59. The number of anilines is 1. The number of halogens is 4. The molecule has 1 aromatic carbocycles. The molecule has 7 nitrogen and oxygen atoms in total. The molecular formula is C21H19ClF3N5O2. The van der Waals surface area contributed by atoms with E-state index in [2.05, 4.69) is 15.4 Å². The van der Waals surface area contributed by atoms with Crippen molar-refractivity contribution >= 4 is 23.3 Å². The van der Waals surface area contributed by atoms with Crippen molar-refractivity contribution in [2.75, 3.05) is 31.2 Å². The lowest BCUT2D eigenvalue weighted by Gasteiger charge is -2.28. The average Bonchev–Trinajstić information content (AvgIpc) is 3.24. The van der Waals surface area contributed by atoms with Gasteiger partial charge in [0.1, 0.15) is 5.82 Å². The van der Waals surface area contributed by atoms with Gasteiger partial charge in [-0.25, -0.2) is 9.67 Å². The molecule has 1 aliphatic rings. The highest BCUT2D eigenvalue weighted by Gasteiger charge is 2.40. The zero-order chi connectivity index (χ0) is 22.7. The molecule has 3 aromatic rings.